The molecule has 0 bridgehead atoms. The summed E-state index contributed by atoms with van der Waals surface area (Å²) in [6, 6.07) is 0. The van der Waals surface area contributed by atoms with Crippen LogP contribution < -0.4 is 0 Å². The molecule has 0 aromatic heterocycles. The van der Waals surface area contributed by atoms with Gasteiger partial charge in [0.2, 0.25) is 0 Å². The Kier molecular flexibility index (Phi) is 17.3. The van der Waals surface area contributed by atoms with Gasteiger partial charge in [0, 0.05) is 0 Å². The van der Waals surface area contributed by atoms with Gasteiger partial charge in [-0.1, -0.05) is 13.2 Å². The third-order valence-electron chi connectivity index (χ3n) is 2.09. The third kappa shape index (κ3) is 21.9. The van der Waals surface area contributed by atoms with Crippen molar-refractivity contribution in [2.75, 3.05) is 38.8 Å². The summed E-state index contributed by atoms with van der Waals surface area (Å²) in [5.41, 5.74) is -1.11. The fraction of sp³-hybridized carbons (Fsp3) is 0.636. The molecule has 0 aliphatic heterocycles. The summed E-state index contributed by atoms with van der Waals surface area (Å²) >= 11 is 0. The van der Waals surface area contributed by atoms with Gasteiger partial charge in [-0.2, -0.15) is 29.4 Å². The number of hydrogen-bond acceptors (Lipinski definition) is 10. The summed E-state index contributed by atoms with van der Waals surface area (Å²) in [6.07, 6.45) is 2.28. The standard InChI is InChI=1S/C5H12O4.2C3H8O3P/c6-1-5(2-7,3-8)4-9;2*1-2-3-7(4,5)6/h6-9H,1-4H2;2*2,4-6H,1,3H2/q;2*+1. The van der Waals surface area contributed by atoms with Crippen molar-refractivity contribution in [2.24, 2.45) is 5.41 Å². The van der Waals surface area contributed by atoms with E-state index in [0.29, 0.717) is 0 Å². The Labute approximate surface area is 136 Å². The first kappa shape index (κ1) is 27.8. The molecule has 0 saturated heterocycles. The van der Waals surface area contributed by atoms with Gasteiger partial charge in [-0.3, -0.25) is 0 Å². The minimum absolute atomic E-state index is 0.118. The Bertz CT molecular complexity index is 259. The third-order valence-corrected chi connectivity index (χ3v) is 3.59. The van der Waals surface area contributed by atoms with Gasteiger partial charge in [0.25, 0.3) is 0 Å². The van der Waals surface area contributed by atoms with Crippen LogP contribution in [0.25, 0.3) is 0 Å². The van der Waals surface area contributed by atoms with Crippen molar-refractivity contribution in [3.8, 4) is 0 Å². The zero-order chi connectivity index (χ0) is 19.2. The molecule has 0 aliphatic carbocycles. The molecule has 12 heteroatoms. The van der Waals surface area contributed by atoms with Crippen molar-refractivity contribution >= 4 is 15.9 Å². The SMILES string of the molecule is C=CC[P+](O)(O)O.C=CC[P+](O)(O)O.OCC(CO)(CO)CO. The number of hydrogen-bond donors (Lipinski definition) is 10. The molecule has 0 aliphatic rings. The second-order valence-electron chi connectivity index (χ2n) is 4.46. The van der Waals surface area contributed by atoms with Crippen molar-refractivity contribution in [3.63, 3.8) is 0 Å². The Hall–Kier alpha value is -0.0600. The maximum absolute atomic E-state index is 8.50. The maximum atomic E-state index is 8.50. The summed E-state index contributed by atoms with van der Waals surface area (Å²) in [5.74, 6) is 0. The molecule has 140 valence electrons. The predicted octanol–water partition coefficient (Wildman–Crippen LogP) is -2.23. The molecule has 0 rings (SSSR count). The molecule has 0 saturated carbocycles. The highest BCUT2D eigenvalue weighted by atomic mass is 31.2. The van der Waals surface area contributed by atoms with E-state index in [-0.39, 0.29) is 12.3 Å². The van der Waals surface area contributed by atoms with E-state index in [1.807, 2.05) is 0 Å². The molecular formula is C11H28O10P2+2. The summed E-state index contributed by atoms with van der Waals surface area (Å²) in [6.45, 7) is 4.76. The highest BCUT2D eigenvalue weighted by Gasteiger charge is 2.27. The largest absolute Gasteiger partial charge is 0.407 e. The van der Waals surface area contributed by atoms with E-state index in [9.17, 15) is 0 Å². The van der Waals surface area contributed by atoms with E-state index in [4.69, 9.17) is 49.8 Å². The van der Waals surface area contributed by atoms with Crippen LogP contribution in [0.1, 0.15) is 0 Å². The summed E-state index contributed by atoms with van der Waals surface area (Å²) < 4.78 is 0. The lowest BCUT2D eigenvalue weighted by Gasteiger charge is -2.23. The van der Waals surface area contributed by atoms with Crippen LogP contribution >= 0.6 is 15.9 Å². The quantitative estimate of drug-likeness (QED) is 0.162. The van der Waals surface area contributed by atoms with E-state index >= 15 is 0 Å². The van der Waals surface area contributed by atoms with Crippen LogP contribution in [0.2, 0.25) is 0 Å². The lowest BCUT2D eigenvalue weighted by Crippen LogP contribution is -2.37. The van der Waals surface area contributed by atoms with Crippen LogP contribution in [-0.4, -0.2) is 88.5 Å². The zero-order valence-electron chi connectivity index (χ0n) is 12.7. The van der Waals surface area contributed by atoms with Crippen molar-refractivity contribution in [2.45, 2.75) is 0 Å². The number of aliphatic hydroxyl groups is 4. The smallest absolute Gasteiger partial charge is 0.396 e. The van der Waals surface area contributed by atoms with E-state index in [2.05, 4.69) is 13.2 Å². The number of aliphatic hydroxyl groups excluding tert-OH is 4. The van der Waals surface area contributed by atoms with Crippen molar-refractivity contribution in [1.29, 1.82) is 0 Å². The molecule has 0 fully saturated rings. The van der Waals surface area contributed by atoms with Gasteiger partial charge in [0.15, 0.2) is 12.3 Å². The molecule has 0 unspecified atom stereocenters. The summed E-state index contributed by atoms with van der Waals surface area (Å²) in [4.78, 5) is 49.0. The van der Waals surface area contributed by atoms with Crippen LogP contribution in [0.5, 0.6) is 0 Å². The molecule has 0 heterocycles. The average molecular weight is 382 g/mol. The second kappa shape index (κ2) is 14.3. The minimum atomic E-state index is -3.53. The van der Waals surface area contributed by atoms with Gasteiger partial charge in [-0.15, -0.1) is 0 Å². The van der Waals surface area contributed by atoms with Crippen LogP contribution in [0.15, 0.2) is 25.3 Å². The molecule has 0 amide bonds. The van der Waals surface area contributed by atoms with Gasteiger partial charge < -0.3 is 20.4 Å². The van der Waals surface area contributed by atoms with Gasteiger partial charge in [-0.25, -0.2) is 0 Å². The summed E-state index contributed by atoms with van der Waals surface area (Å²) in [7, 11) is -7.07. The van der Waals surface area contributed by atoms with Crippen LogP contribution in [0, 0.1) is 5.41 Å². The zero-order valence-corrected chi connectivity index (χ0v) is 14.5. The number of rotatable bonds is 8. The Balaban J connectivity index is -0.000000264. The topological polar surface area (TPSA) is 202 Å². The van der Waals surface area contributed by atoms with Crippen LogP contribution in [0.4, 0.5) is 0 Å². The maximum Gasteiger partial charge on any atom is 0.407 e. The van der Waals surface area contributed by atoms with E-state index in [1.54, 1.807) is 0 Å². The summed E-state index contributed by atoms with van der Waals surface area (Å²) in [5, 5.41) is 34.0. The van der Waals surface area contributed by atoms with E-state index in [0.717, 1.165) is 0 Å². The van der Waals surface area contributed by atoms with Gasteiger partial charge >= 0.3 is 15.9 Å². The molecule has 0 atom stereocenters. The molecule has 23 heavy (non-hydrogen) atoms. The van der Waals surface area contributed by atoms with E-state index in [1.165, 1.54) is 12.2 Å². The highest BCUT2D eigenvalue weighted by Crippen LogP contribution is 2.44. The van der Waals surface area contributed by atoms with Crippen molar-refractivity contribution in [3.05, 3.63) is 25.3 Å². The first-order valence-corrected chi connectivity index (χ1v) is 9.81. The van der Waals surface area contributed by atoms with E-state index < -0.39 is 47.7 Å². The van der Waals surface area contributed by atoms with Gasteiger partial charge in [0.1, 0.15) is 0 Å². The molecule has 0 aromatic carbocycles. The Morgan fingerprint density at radius 1 is 0.609 bits per heavy atom. The second-order valence-corrected chi connectivity index (χ2v) is 7.96. The van der Waals surface area contributed by atoms with Crippen LogP contribution in [-0.2, 0) is 0 Å². The van der Waals surface area contributed by atoms with Crippen LogP contribution in [0.3, 0.4) is 0 Å². The molecule has 0 spiro atoms. The lowest BCUT2D eigenvalue weighted by molar-refractivity contribution is -0.0328. The fourth-order valence-electron chi connectivity index (χ4n) is 0.646. The average Bonchev–Trinajstić information content (AvgIpc) is 2.41. The first-order chi connectivity index (χ1) is 10.4. The fourth-order valence-corrected chi connectivity index (χ4v) is 1.34. The minimum Gasteiger partial charge on any atom is -0.396 e. The highest BCUT2D eigenvalue weighted by molar-refractivity contribution is 7.59. The van der Waals surface area contributed by atoms with Crippen molar-refractivity contribution < 1.29 is 49.8 Å². The lowest BCUT2D eigenvalue weighted by atomic mass is 9.93. The molecule has 0 radical (unpaired) electrons. The molecule has 0 aromatic rings. The monoisotopic (exact) mass is 382 g/mol. The van der Waals surface area contributed by atoms with Gasteiger partial charge in [0.05, 0.1) is 31.8 Å². The number of allylic oxidation sites excluding steroid dienone is 2. The van der Waals surface area contributed by atoms with Gasteiger partial charge in [-0.05, 0) is 12.2 Å². The first-order valence-electron chi connectivity index (χ1n) is 6.14. The molecule has 10 N–H and O–H groups in total. The predicted molar refractivity (Wildman–Crippen MR) is 88.1 cm³/mol. The van der Waals surface area contributed by atoms with Crippen molar-refractivity contribution in [1.82, 2.24) is 0 Å². The Morgan fingerprint density at radius 2 is 0.826 bits per heavy atom. The normalized spacial score (nSPS) is 11.6. The Morgan fingerprint density at radius 3 is 0.826 bits per heavy atom. The molecular weight excluding hydrogens is 354 g/mol. The molecule has 10 nitrogen and oxygen atoms in total.